The molecule has 8 nitrogen and oxygen atoms in total. The van der Waals surface area contributed by atoms with Crippen LogP contribution in [0.4, 0.5) is 17.5 Å². The Bertz CT molecular complexity index is 546. The van der Waals surface area contributed by atoms with E-state index in [-0.39, 0.29) is 40.7 Å². The fraction of sp³-hybridized carbons (Fsp3) is 0.667. The molecule has 8 heteroatoms. The first kappa shape index (κ1) is 14.4. The highest BCUT2D eigenvalue weighted by atomic mass is 16.6. The fourth-order valence-corrected chi connectivity index (χ4v) is 2.60. The molecule has 1 aliphatic rings. The van der Waals surface area contributed by atoms with E-state index < -0.39 is 4.92 Å². The highest BCUT2D eigenvalue weighted by Crippen LogP contribution is 2.44. The lowest BCUT2D eigenvalue weighted by atomic mass is 9.64. The van der Waals surface area contributed by atoms with Gasteiger partial charge in [-0.1, -0.05) is 13.8 Å². The Hall–Kier alpha value is -1.96. The van der Waals surface area contributed by atoms with E-state index in [1.54, 1.807) is 14.0 Å². The molecule has 0 amide bonds. The van der Waals surface area contributed by atoms with Gasteiger partial charge < -0.3 is 15.8 Å². The van der Waals surface area contributed by atoms with Crippen molar-refractivity contribution in [2.75, 3.05) is 18.2 Å². The van der Waals surface area contributed by atoms with Crippen LogP contribution in [0.25, 0.3) is 0 Å². The number of nitrogens with one attached hydrogen (secondary N) is 1. The van der Waals surface area contributed by atoms with Crippen LogP contribution in [0.3, 0.4) is 0 Å². The molecule has 3 N–H and O–H groups in total. The topological polar surface area (TPSA) is 116 Å². The minimum Gasteiger partial charge on any atom is -0.381 e. The highest BCUT2D eigenvalue weighted by molar-refractivity contribution is 5.61. The van der Waals surface area contributed by atoms with Crippen LogP contribution in [0.5, 0.6) is 0 Å². The standard InChI is InChI=1S/C12H19N5O3/c1-6-9(17(18)19)10(16-11(13)14-6)15-7-5-8(20-4)12(7,2)3/h7-8H,5H2,1-4H3,(H3,13,14,15,16). The van der Waals surface area contributed by atoms with Crippen molar-refractivity contribution in [3.8, 4) is 0 Å². The van der Waals surface area contributed by atoms with Crippen LogP contribution in [-0.4, -0.2) is 34.1 Å². The van der Waals surface area contributed by atoms with Crippen LogP contribution in [0.15, 0.2) is 0 Å². The van der Waals surface area contributed by atoms with Gasteiger partial charge in [-0.3, -0.25) is 10.1 Å². The van der Waals surface area contributed by atoms with Gasteiger partial charge in [0.2, 0.25) is 11.8 Å². The Kier molecular flexibility index (Phi) is 3.51. The summed E-state index contributed by atoms with van der Waals surface area (Å²) in [7, 11) is 1.66. The number of nitrogens with zero attached hydrogens (tertiary/aromatic N) is 3. The number of nitro groups is 1. The van der Waals surface area contributed by atoms with Crippen molar-refractivity contribution < 1.29 is 9.66 Å². The maximum atomic E-state index is 11.1. The maximum absolute atomic E-state index is 11.1. The average Bonchev–Trinajstić information content (AvgIpc) is 2.32. The Balaban J connectivity index is 2.29. The van der Waals surface area contributed by atoms with Crippen LogP contribution in [0.2, 0.25) is 0 Å². The summed E-state index contributed by atoms with van der Waals surface area (Å²) in [6, 6.07) is 0.0415. The quantitative estimate of drug-likeness (QED) is 0.634. The molecule has 2 atom stereocenters. The molecule has 20 heavy (non-hydrogen) atoms. The molecule has 1 aromatic heterocycles. The first-order valence-corrected chi connectivity index (χ1v) is 6.35. The number of ether oxygens (including phenoxy) is 1. The molecule has 0 radical (unpaired) electrons. The zero-order valence-electron chi connectivity index (χ0n) is 12.0. The van der Waals surface area contributed by atoms with Crippen molar-refractivity contribution in [2.45, 2.75) is 39.3 Å². The summed E-state index contributed by atoms with van der Waals surface area (Å²) in [5.74, 6) is 0.198. The Morgan fingerprint density at radius 2 is 2.15 bits per heavy atom. The predicted octanol–water partition coefficient (Wildman–Crippen LogP) is 1.50. The van der Waals surface area contributed by atoms with E-state index in [0.29, 0.717) is 0 Å². The van der Waals surface area contributed by atoms with Crippen LogP contribution < -0.4 is 11.1 Å². The van der Waals surface area contributed by atoms with E-state index >= 15 is 0 Å². The Morgan fingerprint density at radius 1 is 1.50 bits per heavy atom. The van der Waals surface area contributed by atoms with Crippen molar-refractivity contribution >= 4 is 17.5 Å². The number of anilines is 2. The van der Waals surface area contributed by atoms with Gasteiger partial charge >= 0.3 is 5.69 Å². The number of aryl methyl sites for hydroxylation is 1. The summed E-state index contributed by atoms with van der Waals surface area (Å²) >= 11 is 0. The Morgan fingerprint density at radius 3 is 2.65 bits per heavy atom. The third-order valence-corrected chi connectivity index (χ3v) is 4.03. The molecule has 0 bridgehead atoms. The summed E-state index contributed by atoms with van der Waals surface area (Å²) in [6.45, 7) is 5.64. The number of hydrogen-bond donors (Lipinski definition) is 2. The monoisotopic (exact) mass is 281 g/mol. The van der Waals surface area contributed by atoms with E-state index in [9.17, 15) is 10.1 Å². The van der Waals surface area contributed by atoms with E-state index in [2.05, 4.69) is 15.3 Å². The third kappa shape index (κ3) is 2.26. The van der Waals surface area contributed by atoms with Gasteiger partial charge in [0.25, 0.3) is 0 Å². The molecule has 0 aliphatic heterocycles. The molecule has 2 unspecified atom stereocenters. The first-order chi connectivity index (χ1) is 9.27. The summed E-state index contributed by atoms with van der Waals surface area (Å²) in [5, 5.41) is 14.3. The summed E-state index contributed by atoms with van der Waals surface area (Å²) < 4.78 is 5.36. The lowest BCUT2D eigenvalue weighted by Gasteiger charge is -2.51. The van der Waals surface area contributed by atoms with Crippen molar-refractivity contribution in [3.63, 3.8) is 0 Å². The Labute approximate surface area is 116 Å². The highest BCUT2D eigenvalue weighted by Gasteiger charge is 2.49. The minimum atomic E-state index is -0.490. The zero-order valence-corrected chi connectivity index (χ0v) is 12.0. The van der Waals surface area contributed by atoms with Gasteiger partial charge in [0, 0.05) is 18.6 Å². The molecule has 0 spiro atoms. The number of hydrogen-bond acceptors (Lipinski definition) is 7. The lowest BCUT2D eigenvalue weighted by molar-refractivity contribution is -0.385. The van der Waals surface area contributed by atoms with E-state index in [1.807, 2.05) is 13.8 Å². The van der Waals surface area contributed by atoms with E-state index in [4.69, 9.17) is 10.5 Å². The van der Waals surface area contributed by atoms with Crippen molar-refractivity contribution in [3.05, 3.63) is 15.8 Å². The van der Waals surface area contributed by atoms with Gasteiger partial charge in [0.1, 0.15) is 5.69 Å². The van der Waals surface area contributed by atoms with Gasteiger partial charge in [0.15, 0.2) is 0 Å². The summed E-state index contributed by atoms with van der Waals surface area (Å²) in [6.07, 6.45) is 0.892. The van der Waals surface area contributed by atoms with Gasteiger partial charge in [-0.25, -0.2) is 4.98 Å². The molecule has 1 aromatic rings. The van der Waals surface area contributed by atoms with Crippen LogP contribution >= 0.6 is 0 Å². The van der Waals surface area contributed by atoms with Gasteiger partial charge in [-0.2, -0.15) is 4.98 Å². The van der Waals surface area contributed by atoms with Crippen LogP contribution in [-0.2, 0) is 4.74 Å². The molecular formula is C12H19N5O3. The zero-order chi connectivity index (χ0) is 15.1. The number of methoxy groups -OCH3 is 1. The summed E-state index contributed by atoms with van der Waals surface area (Å²) in [4.78, 5) is 18.5. The average molecular weight is 281 g/mol. The SMILES string of the molecule is COC1CC(Nc2nc(N)nc(C)c2[N+](=O)[O-])C1(C)C. The van der Waals surface area contributed by atoms with Crippen LogP contribution in [0.1, 0.15) is 26.0 Å². The van der Waals surface area contributed by atoms with Gasteiger partial charge in [-0.05, 0) is 13.3 Å². The van der Waals surface area contributed by atoms with E-state index in [1.165, 1.54) is 0 Å². The van der Waals surface area contributed by atoms with Crippen molar-refractivity contribution in [1.82, 2.24) is 9.97 Å². The van der Waals surface area contributed by atoms with Crippen molar-refractivity contribution in [1.29, 1.82) is 0 Å². The lowest BCUT2D eigenvalue weighted by Crippen LogP contribution is -2.57. The second-order valence-corrected chi connectivity index (χ2v) is 5.60. The normalized spacial score (nSPS) is 24.0. The molecule has 0 saturated heterocycles. The molecule has 1 fully saturated rings. The largest absolute Gasteiger partial charge is 0.381 e. The number of nitrogens with two attached hydrogens (primary N) is 1. The number of rotatable bonds is 4. The third-order valence-electron chi connectivity index (χ3n) is 4.03. The second kappa shape index (κ2) is 4.86. The molecule has 0 aromatic carbocycles. The molecule has 1 saturated carbocycles. The second-order valence-electron chi connectivity index (χ2n) is 5.60. The fourth-order valence-electron chi connectivity index (χ4n) is 2.60. The summed E-state index contributed by atoms with van der Waals surface area (Å²) in [5.41, 5.74) is 5.57. The maximum Gasteiger partial charge on any atom is 0.332 e. The molecule has 110 valence electrons. The number of aromatic nitrogens is 2. The van der Waals surface area contributed by atoms with E-state index in [0.717, 1.165) is 6.42 Å². The molecule has 2 rings (SSSR count). The minimum absolute atomic E-state index is 0.0241. The molecule has 1 aliphatic carbocycles. The first-order valence-electron chi connectivity index (χ1n) is 6.35. The number of nitrogen functional groups attached to an aromatic ring is 1. The molecular weight excluding hydrogens is 262 g/mol. The van der Waals surface area contributed by atoms with Crippen molar-refractivity contribution in [2.24, 2.45) is 5.41 Å². The molecule has 1 heterocycles. The van der Waals surface area contributed by atoms with Crippen LogP contribution in [0, 0.1) is 22.5 Å². The smallest absolute Gasteiger partial charge is 0.332 e. The predicted molar refractivity (Wildman–Crippen MR) is 74.4 cm³/mol. The van der Waals surface area contributed by atoms with Gasteiger partial charge in [-0.15, -0.1) is 0 Å². The van der Waals surface area contributed by atoms with Gasteiger partial charge in [0.05, 0.1) is 11.0 Å².